The second-order valence-electron chi connectivity index (χ2n) is 4.70. The van der Waals surface area contributed by atoms with Gasteiger partial charge in [-0.1, -0.05) is 34.3 Å². The molecule has 2 atom stereocenters. The van der Waals surface area contributed by atoms with Crippen LogP contribution < -0.4 is 0 Å². The lowest BCUT2D eigenvalue weighted by molar-refractivity contribution is -0.249. The lowest BCUT2D eigenvalue weighted by Crippen LogP contribution is -2.47. The smallest absolute Gasteiger partial charge is 0.176 e. The van der Waals surface area contributed by atoms with E-state index in [9.17, 15) is 0 Å². The van der Waals surface area contributed by atoms with Crippen LogP contribution in [0.15, 0.2) is 12.7 Å². The highest BCUT2D eigenvalue weighted by atomic mass is 16.7. The number of hydrogen-bond donors (Lipinski definition) is 0. The molecule has 0 bridgehead atoms. The van der Waals surface area contributed by atoms with Gasteiger partial charge in [-0.2, -0.15) is 0 Å². The maximum Gasteiger partial charge on any atom is 0.176 e. The molecule has 0 saturated carbocycles. The first-order valence-corrected chi connectivity index (χ1v) is 4.87. The van der Waals surface area contributed by atoms with Crippen molar-refractivity contribution in [3.05, 3.63) is 12.7 Å². The van der Waals surface area contributed by atoms with Gasteiger partial charge < -0.3 is 9.47 Å². The van der Waals surface area contributed by atoms with Crippen LogP contribution in [0, 0.1) is 11.3 Å². The van der Waals surface area contributed by atoms with Crippen molar-refractivity contribution < 1.29 is 9.47 Å². The molecule has 0 N–H and O–H groups in total. The van der Waals surface area contributed by atoms with Crippen LogP contribution in [0.2, 0.25) is 0 Å². The molecule has 1 aliphatic rings. The third kappa shape index (κ3) is 2.32. The molecule has 2 heteroatoms. The number of hydrogen-bond acceptors (Lipinski definition) is 2. The normalized spacial score (nSPS) is 33.3. The van der Waals surface area contributed by atoms with Gasteiger partial charge in [0.1, 0.15) is 0 Å². The Labute approximate surface area is 80.9 Å². The zero-order valence-corrected chi connectivity index (χ0v) is 9.04. The summed E-state index contributed by atoms with van der Waals surface area (Å²) in [5, 5.41) is 0. The van der Waals surface area contributed by atoms with Crippen LogP contribution in [0.1, 0.15) is 27.7 Å². The summed E-state index contributed by atoms with van der Waals surface area (Å²) in [6.45, 7) is 13.1. The fraction of sp³-hybridized carbons (Fsp3) is 0.818. The molecular weight excluding hydrogens is 164 g/mol. The van der Waals surface area contributed by atoms with Crippen molar-refractivity contribution in [2.45, 2.75) is 40.1 Å². The molecule has 0 aliphatic carbocycles. The summed E-state index contributed by atoms with van der Waals surface area (Å²) >= 11 is 0. The third-order valence-electron chi connectivity index (χ3n) is 2.47. The van der Waals surface area contributed by atoms with E-state index >= 15 is 0 Å². The Bertz CT molecular complexity index is 185. The molecular formula is C11H20O2. The molecule has 1 heterocycles. The van der Waals surface area contributed by atoms with E-state index < -0.39 is 0 Å². The highest BCUT2D eigenvalue weighted by molar-refractivity contribution is 4.88. The molecule has 0 spiro atoms. The molecule has 0 radical (unpaired) electrons. The van der Waals surface area contributed by atoms with Gasteiger partial charge in [0.25, 0.3) is 0 Å². The van der Waals surface area contributed by atoms with Gasteiger partial charge in [0, 0.05) is 5.41 Å². The van der Waals surface area contributed by atoms with Crippen molar-refractivity contribution in [3.8, 4) is 0 Å². The molecule has 1 fully saturated rings. The Morgan fingerprint density at radius 3 is 2.54 bits per heavy atom. The SMILES string of the molecule is C=CC1OCC(C)(C)C(C(C)C)O1. The quantitative estimate of drug-likeness (QED) is 0.614. The van der Waals surface area contributed by atoms with Gasteiger partial charge in [0.15, 0.2) is 6.29 Å². The summed E-state index contributed by atoms with van der Waals surface area (Å²) in [5.41, 5.74) is 0.105. The minimum absolute atomic E-state index is 0.105. The fourth-order valence-electron chi connectivity index (χ4n) is 1.93. The van der Waals surface area contributed by atoms with E-state index in [1.165, 1.54) is 0 Å². The summed E-state index contributed by atoms with van der Waals surface area (Å²) in [7, 11) is 0. The fourth-order valence-corrected chi connectivity index (χ4v) is 1.93. The van der Waals surface area contributed by atoms with E-state index in [0.717, 1.165) is 6.61 Å². The zero-order chi connectivity index (χ0) is 10.1. The molecule has 1 rings (SSSR count). The summed E-state index contributed by atoms with van der Waals surface area (Å²) in [4.78, 5) is 0. The monoisotopic (exact) mass is 184 g/mol. The van der Waals surface area contributed by atoms with Crippen LogP contribution in [0.3, 0.4) is 0 Å². The van der Waals surface area contributed by atoms with E-state index in [1.54, 1.807) is 6.08 Å². The summed E-state index contributed by atoms with van der Waals surface area (Å²) in [6, 6.07) is 0. The van der Waals surface area contributed by atoms with Gasteiger partial charge in [-0.05, 0) is 12.0 Å². The molecule has 0 aromatic heterocycles. The average molecular weight is 184 g/mol. The first kappa shape index (κ1) is 10.7. The van der Waals surface area contributed by atoms with E-state index in [1.807, 2.05) is 0 Å². The Kier molecular flexibility index (Phi) is 3.14. The summed E-state index contributed by atoms with van der Waals surface area (Å²) < 4.78 is 11.3. The molecule has 2 unspecified atom stereocenters. The highest BCUT2D eigenvalue weighted by Gasteiger charge is 2.38. The van der Waals surface area contributed by atoms with E-state index in [0.29, 0.717) is 5.92 Å². The maximum atomic E-state index is 5.77. The van der Waals surface area contributed by atoms with Gasteiger partial charge in [-0.3, -0.25) is 0 Å². The first-order valence-electron chi connectivity index (χ1n) is 4.87. The van der Waals surface area contributed by atoms with Crippen molar-refractivity contribution in [1.82, 2.24) is 0 Å². The summed E-state index contributed by atoms with van der Waals surface area (Å²) in [6.07, 6.45) is 1.75. The van der Waals surface area contributed by atoms with Crippen LogP contribution in [0.5, 0.6) is 0 Å². The van der Waals surface area contributed by atoms with Crippen molar-refractivity contribution in [2.75, 3.05) is 6.61 Å². The molecule has 0 aromatic carbocycles. The van der Waals surface area contributed by atoms with Crippen molar-refractivity contribution in [2.24, 2.45) is 11.3 Å². The van der Waals surface area contributed by atoms with Crippen LogP contribution in [-0.2, 0) is 9.47 Å². The number of ether oxygens (including phenoxy) is 2. The van der Waals surface area contributed by atoms with Gasteiger partial charge in [0.05, 0.1) is 12.7 Å². The molecule has 1 aliphatic heterocycles. The predicted octanol–water partition coefficient (Wildman–Crippen LogP) is 2.60. The first-order chi connectivity index (χ1) is 5.97. The van der Waals surface area contributed by atoms with Gasteiger partial charge >= 0.3 is 0 Å². The van der Waals surface area contributed by atoms with Gasteiger partial charge in [-0.15, -0.1) is 0 Å². The zero-order valence-electron chi connectivity index (χ0n) is 9.04. The maximum absolute atomic E-state index is 5.77. The van der Waals surface area contributed by atoms with E-state index in [4.69, 9.17) is 9.47 Å². The highest BCUT2D eigenvalue weighted by Crippen LogP contribution is 2.34. The lowest BCUT2D eigenvalue weighted by atomic mass is 9.80. The standard InChI is InChI=1S/C11H20O2/c1-6-9-12-7-11(4,5)10(13-9)8(2)3/h6,8-10H,1,7H2,2-5H3. The molecule has 0 aromatic rings. The predicted molar refractivity (Wildman–Crippen MR) is 53.4 cm³/mol. The third-order valence-corrected chi connectivity index (χ3v) is 2.47. The van der Waals surface area contributed by atoms with Crippen LogP contribution >= 0.6 is 0 Å². The van der Waals surface area contributed by atoms with Crippen molar-refractivity contribution in [1.29, 1.82) is 0 Å². The van der Waals surface area contributed by atoms with Crippen molar-refractivity contribution >= 4 is 0 Å². The van der Waals surface area contributed by atoms with Gasteiger partial charge in [0.2, 0.25) is 0 Å². The van der Waals surface area contributed by atoms with Crippen LogP contribution in [-0.4, -0.2) is 19.0 Å². The van der Waals surface area contributed by atoms with E-state index in [-0.39, 0.29) is 17.8 Å². The minimum Gasteiger partial charge on any atom is -0.348 e. The Hall–Kier alpha value is -0.340. The molecule has 1 saturated heterocycles. The van der Waals surface area contributed by atoms with Crippen molar-refractivity contribution in [3.63, 3.8) is 0 Å². The second-order valence-corrected chi connectivity index (χ2v) is 4.70. The van der Waals surface area contributed by atoms with Crippen LogP contribution in [0.25, 0.3) is 0 Å². The Balaban J connectivity index is 2.69. The van der Waals surface area contributed by atoms with Crippen LogP contribution in [0.4, 0.5) is 0 Å². The summed E-state index contributed by atoms with van der Waals surface area (Å²) in [5.74, 6) is 0.515. The largest absolute Gasteiger partial charge is 0.348 e. The number of rotatable bonds is 2. The Morgan fingerprint density at radius 2 is 2.08 bits per heavy atom. The average Bonchev–Trinajstić information content (AvgIpc) is 2.03. The molecule has 2 nitrogen and oxygen atoms in total. The molecule has 76 valence electrons. The molecule has 13 heavy (non-hydrogen) atoms. The van der Waals surface area contributed by atoms with E-state index in [2.05, 4.69) is 34.3 Å². The Morgan fingerprint density at radius 1 is 1.46 bits per heavy atom. The topological polar surface area (TPSA) is 18.5 Å². The van der Waals surface area contributed by atoms with Gasteiger partial charge in [-0.25, -0.2) is 0 Å². The lowest BCUT2D eigenvalue weighted by Gasteiger charge is -2.43. The molecule has 0 amide bonds. The minimum atomic E-state index is -0.222. The second kappa shape index (κ2) is 3.81.